The lowest BCUT2D eigenvalue weighted by Crippen LogP contribution is -2.32. The summed E-state index contributed by atoms with van der Waals surface area (Å²) in [6.07, 6.45) is 2.29. The Hall–Kier alpha value is -2.13. The molecule has 2 aromatic heterocycles. The van der Waals surface area contributed by atoms with E-state index in [1.165, 1.54) is 34.8 Å². The Morgan fingerprint density at radius 1 is 1.19 bits per heavy atom. The number of pyridine rings is 1. The molecule has 0 spiro atoms. The van der Waals surface area contributed by atoms with Crippen molar-refractivity contribution >= 4 is 68.2 Å². The van der Waals surface area contributed by atoms with E-state index in [0.29, 0.717) is 16.2 Å². The van der Waals surface area contributed by atoms with Crippen LogP contribution in [0.25, 0.3) is 5.82 Å². The molecule has 1 aromatic carbocycles. The van der Waals surface area contributed by atoms with Gasteiger partial charge >= 0.3 is 0 Å². The number of amides is 2. The van der Waals surface area contributed by atoms with Crippen molar-refractivity contribution in [2.24, 2.45) is 0 Å². The van der Waals surface area contributed by atoms with Gasteiger partial charge in [0, 0.05) is 30.9 Å². The molecule has 0 aliphatic carbocycles. The monoisotopic (exact) mass is 543 g/mol. The van der Waals surface area contributed by atoms with E-state index in [1.54, 1.807) is 18.3 Å². The first-order chi connectivity index (χ1) is 14.7. The predicted octanol–water partition coefficient (Wildman–Crippen LogP) is 5.41. The molecular formula is C20H17BrCl3N5O2. The minimum atomic E-state index is -0.478. The van der Waals surface area contributed by atoms with Gasteiger partial charge in [-0.15, -0.1) is 0 Å². The minimum absolute atomic E-state index is 0.158. The van der Waals surface area contributed by atoms with Crippen molar-refractivity contribution in [2.75, 3.05) is 18.5 Å². The van der Waals surface area contributed by atoms with Crippen molar-refractivity contribution in [3.8, 4) is 5.82 Å². The molecule has 0 atom stereocenters. The van der Waals surface area contributed by atoms with Gasteiger partial charge in [-0.25, -0.2) is 9.67 Å². The molecule has 0 aliphatic heterocycles. The second-order valence-electron chi connectivity index (χ2n) is 6.48. The molecule has 0 radical (unpaired) electrons. The van der Waals surface area contributed by atoms with Crippen molar-refractivity contribution in [1.82, 2.24) is 20.1 Å². The van der Waals surface area contributed by atoms with Gasteiger partial charge in [0.1, 0.15) is 10.3 Å². The number of halogens is 4. The van der Waals surface area contributed by atoms with Crippen molar-refractivity contribution in [3.63, 3.8) is 0 Å². The number of benzene rings is 1. The van der Waals surface area contributed by atoms with Crippen LogP contribution in [0.5, 0.6) is 0 Å². The van der Waals surface area contributed by atoms with E-state index in [9.17, 15) is 9.59 Å². The zero-order valence-electron chi connectivity index (χ0n) is 16.5. The van der Waals surface area contributed by atoms with E-state index in [-0.39, 0.29) is 38.7 Å². The molecular weight excluding hydrogens is 529 g/mol. The second-order valence-corrected chi connectivity index (χ2v) is 8.54. The Balaban J connectivity index is 2.08. The fraction of sp³-hybridized carbons (Fsp3) is 0.200. The SMILES string of the molecule is CCCNC(=O)c1cc(Cl)cc(Cl)c1N(C)C(=O)c1cc(Br)nn1-c1ncccc1Cl. The third kappa shape index (κ3) is 5.03. The normalized spacial score (nSPS) is 10.8. The highest BCUT2D eigenvalue weighted by atomic mass is 79.9. The van der Waals surface area contributed by atoms with Gasteiger partial charge in [0.05, 0.1) is 21.3 Å². The summed E-state index contributed by atoms with van der Waals surface area (Å²) in [6, 6.07) is 7.79. The fourth-order valence-electron chi connectivity index (χ4n) is 2.89. The lowest BCUT2D eigenvalue weighted by atomic mass is 10.1. The highest BCUT2D eigenvalue weighted by Gasteiger charge is 2.27. The summed E-state index contributed by atoms with van der Waals surface area (Å²) in [4.78, 5) is 31.6. The summed E-state index contributed by atoms with van der Waals surface area (Å²) in [7, 11) is 1.51. The van der Waals surface area contributed by atoms with Gasteiger partial charge in [0.25, 0.3) is 11.8 Å². The number of nitrogens with zero attached hydrogens (tertiary/aromatic N) is 4. The molecule has 162 valence electrons. The van der Waals surface area contributed by atoms with Gasteiger partial charge < -0.3 is 10.2 Å². The number of carbonyl (C=O) groups is 2. The summed E-state index contributed by atoms with van der Waals surface area (Å²) in [5, 5.41) is 7.82. The molecule has 0 fully saturated rings. The average molecular weight is 546 g/mol. The van der Waals surface area contributed by atoms with Crippen LogP contribution in [0.15, 0.2) is 41.1 Å². The van der Waals surface area contributed by atoms with E-state index in [0.717, 1.165) is 6.42 Å². The Labute approximate surface area is 202 Å². The van der Waals surface area contributed by atoms with Gasteiger partial charge in [0.15, 0.2) is 5.82 Å². The molecule has 0 saturated heterocycles. The van der Waals surface area contributed by atoms with E-state index in [4.69, 9.17) is 34.8 Å². The quantitative estimate of drug-likeness (QED) is 0.450. The zero-order chi connectivity index (χ0) is 22.7. The Bertz CT molecular complexity index is 1150. The Kier molecular flexibility index (Phi) is 7.59. The fourth-order valence-corrected chi connectivity index (χ4v) is 4.08. The topological polar surface area (TPSA) is 80.1 Å². The number of hydrogen-bond acceptors (Lipinski definition) is 4. The van der Waals surface area contributed by atoms with E-state index >= 15 is 0 Å². The lowest BCUT2D eigenvalue weighted by molar-refractivity contribution is 0.0954. The Morgan fingerprint density at radius 3 is 2.61 bits per heavy atom. The predicted molar refractivity (Wildman–Crippen MR) is 126 cm³/mol. The van der Waals surface area contributed by atoms with Crippen LogP contribution in [0.4, 0.5) is 5.69 Å². The molecule has 0 aliphatic rings. The van der Waals surface area contributed by atoms with Crippen molar-refractivity contribution in [3.05, 3.63) is 67.5 Å². The summed E-state index contributed by atoms with van der Waals surface area (Å²) >= 11 is 22.1. The molecule has 0 saturated carbocycles. The lowest BCUT2D eigenvalue weighted by Gasteiger charge is -2.22. The van der Waals surface area contributed by atoms with Crippen LogP contribution in [0.2, 0.25) is 15.1 Å². The molecule has 31 heavy (non-hydrogen) atoms. The van der Waals surface area contributed by atoms with Crippen LogP contribution in [0, 0.1) is 0 Å². The number of nitrogens with one attached hydrogen (secondary N) is 1. The summed E-state index contributed by atoms with van der Waals surface area (Å²) < 4.78 is 1.74. The first-order valence-electron chi connectivity index (χ1n) is 9.16. The van der Waals surface area contributed by atoms with E-state index in [2.05, 4.69) is 31.3 Å². The van der Waals surface area contributed by atoms with Gasteiger partial charge in [-0.05, 0) is 46.6 Å². The van der Waals surface area contributed by atoms with Crippen molar-refractivity contribution in [1.29, 1.82) is 0 Å². The molecule has 1 N–H and O–H groups in total. The van der Waals surface area contributed by atoms with Gasteiger partial charge in [-0.2, -0.15) is 5.10 Å². The molecule has 3 rings (SSSR count). The van der Waals surface area contributed by atoms with E-state index in [1.807, 2.05) is 6.92 Å². The molecule has 7 nitrogen and oxygen atoms in total. The maximum absolute atomic E-state index is 13.4. The average Bonchev–Trinajstić information content (AvgIpc) is 3.12. The third-order valence-corrected chi connectivity index (χ3v) is 5.48. The van der Waals surface area contributed by atoms with Crippen LogP contribution >= 0.6 is 50.7 Å². The standard InChI is InChI=1S/C20H17BrCl3N5O2/c1-3-6-26-19(30)12-8-11(22)9-14(24)17(12)28(2)20(31)15-10-16(21)27-29(15)18-13(23)5-4-7-25-18/h4-5,7-10H,3,6H2,1-2H3,(H,26,30). The van der Waals surface area contributed by atoms with Crippen LogP contribution < -0.4 is 10.2 Å². The first kappa shape index (κ1) is 23.5. The largest absolute Gasteiger partial charge is 0.352 e. The minimum Gasteiger partial charge on any atom is -0.352 e. The van der Waals surface area contributed by atoms with Gasteiger partial charge in [-0.3, -0.25) is 9.59 Å². The second kappa shape index (κ2) is 9.99. The number of anilines is 1. The summed E-state index contributed by atoms with van der Waals surface area (Å²) in [6.45, 7) is 2.40. The molecule has 11 heteroatoms. The highest BCUT2D eigenvalue weighted by molar-refractivity contribution is 9.10. The van der Waals surface area contributed by atoms with Gasteiger partial charge in [-0.1, -0.05) is 41.7 Å². The molecule has 0 bridgehead atoms. The zero-order valence-corrected chi connectivity index (χ0v) is 20.3. The molecule has 0 unspecified atom stereocenters. The molecule has 2 amide bonds. The van der Waals surface area contributed by atoms with Crippen LogP contribution in [0.1, 0.15) is 34.2 Å². The van der Waals surface area contributed by atoms with Crippen molar-refractivity contribution in [2.45, 2.75) is 13.3 Å². The van der Waals surface area contributed by atoms with Crippen LogP contribution in [-0.2, 0) is 0 Å². The van der Waals surface area contributed by atoms with Gasteiger partial charge in [0.2, 0.25) is 0 Å². The smallest absolute Gasteiger partial charge is 0.276 e. The number of carbonyl (C=O) groups excluding carboxylic acids is 2. The maximum Gasteiger partial charge on any atom is 0.276 e. The first-order valence-corrected chi connectivity index (χ1v) is 11.1. The maximum atomic E-state index is 13.4. The molecule has 2 heterocycles. The van der Waals surface area contributed by atoms with Crippen molar-refractivity contribution < 1.29 is 9.59 Å². The number of aromatic nitrogens is 3. The molecule has 3 aromatic rings. The Morgan fingerprint density at radius 2 is 1.94 bits per heavy atom. The number of rotatable bonds is 6. The summed E-state index contributed by atoms with van der Waals surface area (Å²) in [5.74, 6) is -0.577. The van der Waals surface area contributed by atoms with Crippen LogP contribution in [-0.4, -0.2) is 40.2 Å². The number of hydrogen-bond donors (Lipinski definition) is 1. The highest BCUT2D eigenvalue weighted by Crippen LogP contribution is 2.34. The third-order valence-electron chi connectivity index (χ3n) is 4.29. The van der Waals surface area contributed by atoms with Crippen LogP contribution in [0.3, 0.4) is 0 Å². The summed E-state index contributed by atoms with van der Waals surface area (Å²) in [5.41, 5.74) is 0.573. The van der Waals surface area contributed by atoms with E-state index < -0.39 is 5.91 Å².